The van der Waals surface area contributed by atoms with Gasteiger partial charge in [0.15, 0.2) is 0 Å². The second-order valence-electron chi connectivity index (χ2n) is 4.92. The molecule has 1 N–H and O–H groups in total. The molecule has 1 aliphatic heterocycles. The highest BCUT2D eigenvalue weighted by atomic mass is 19.1. The van der Waals surface area contributed by atoms with Crippen molar-refractivity contribution in [2.75, 3.05) is 11.4 Å². The van der Waals surface area contributed by atoms with Crippen LogP contribution in [0.2, 0.25) is 0 Å². The highest BCUT2D eigenvalue weighted by Crippen LogP contribution is 2.34. The van der Waals surface area contributed by atoms with Crippen LogP contribution in [0.25, 0.3) is 0 Å². The first-order valence-corrected chi connectivity index (χ1v) is 6.62. The van der Waals surface area contributed by atoms with Gasteiger partial charge in [0.05, 0.1) is 6.10 Å². The van der Waals surface area contributed by atoms with E-state index in [0.29, 0.717) is 17.7 Å². The number of fused-ring (bicyclic) bond motifs is 1. The molecule has 0 saturated carbocycles. The Morgan fingerprint density at radius 2 is 1.76 bits per heavy atom. The zero-order valence-electron chi connectivity index (χ0n) is 11.1. The van der Waals surface area contributed by atoms with Crippen molar-refractivity contribution in [1.29, 1.82) is 0 Å². The van der Waals surface area contributed by atoms with Gasteiger partial charge in [-0.3, -0.25) is 4.79 Å². The van der Waals surface area contributed by atoms with Crippen molar-refractivity contribution in [3.05, 3.63) is 65.2 Å². The fourth-order valence-electron chi connectivity index (χ4n) is 2.59. The van der Waals surface area contributed by atoms with E-state index in [2.05, 4.69) is 0 Å². The van der Waals surface area contributed by atoms with Crippen LogP contribution in [-0.4, -0.2) is 17.6 Å². The summed E-state index contributed by atoms with van der Waals surface area (Å²) in [7, 11) is 0. The van der Waals surface area contributed by atoms with E-state index in [1.54, 1.807) is 24.3 Å². The van der Waals surface area contributed by atoms with Gasteiger partial charge in [-0.1, -0.05) is 24.3 Å². The predicted molar refractivity (Wildman–Crippen MR) is 74.1 cm³/mol. The molecule has 0 saturated heterocycles. The first-order valence-electron chi connectivity index (χ1n) is 6.62. The molecule has 2 aromatic carbocycles. The van der Waals surface area contributed by atoms with E-state index in [-0.39, 0.29) is 6.54 Å². The number of hydrogen-bond acceptors (Lipinski definition) is 2. The van der Waals surface area contributed by atoms with E-state index in [1.807, 2.05) is 0 Å². The number of benzene rings is 2. The number of aliphatic hydroxyl groups excluding tert-OH is 1. The van der Waals surface area contributed by atoms with Gasteiger partial charge in [-0.2, -0.15) is 0 Å². The number of halogens is 2. The number of anilines is 1. The third-order valence-electron chi connectivity index (χ3n) is 3.63. The quantitative estimate of drug-likeness (QED) is 0.876. The van der Waals surface area contributed by atoms with Gasteiger partial charge in [0, 0.05) is 17.8 Å². The molecule has 0 spiro atoms. The summed E-state index contributed by atoms with van der Waals surface area (Å²) in [5.41, 5.74) is 0.515. The van der Waals surface area contributed by atoms with Gasteiger partial charge in [-0.05, 0) is 24.6 Å². The standard InChI is InChI=1S/C16H13F2NO2/c17-11-5-3-6-12(18)15(11)16(21)19-9-8-14(20)10-4-1-2-7-13(10)19/h1-7,14,20H,8-9H2. The van der Waals surface area contributed by atoms with Gasteiger partial charge in [0.1, 0.15) is 17.2 Å². The number of hydrogen-bond donors (Lipinski definition) is 1. The maximum atomic E-state index is 13.8. The fraction of sp³-hybridized carbons (Fsp3) is 0.188. The van der Waals surface area contributed by atoms with Crippen LogP contribution in [0.15, 0.2) is 42.5 Å². The van der Waals surface area contributed by atoms with E-state index in [0.717, 1.165) is 12.1 Å². The third kappa shape index (κ3) is 2.29. The first kappa shape index (κ1) is 13.7. The number of amides is 1. The molecule has 3 nitrogen and oxygen atoms in total. The monoisotopic (exact) mass is 289 g/mol. The Morgan fingerprint density at radius 3 is 2.48 bits per heavy atom. The smallest absolute Gasteiger partial charge is 0.264 e. The van der Waals surface area contributed by atoms with Crippen molar-refractivity contribution >= 4 is 11.6 Å². The molecule has 2 aromatic rings. The number of nitrogens with zero attached hydrogens (tertiary/aromatic N) is 1. The van der Waals surface area contributed by atoms with E-state index in [4.69, 9.17) is 0 Å². The molecule has 0 bridgehead atoms. The summed E-state index contributed by atoms with van der Waals surface area (Å²) in [6.07, 6.45) is -0.338. The summed E-state index contributed by atoms with van der Waals surface area (Å²) in [5.74, 6) is -2.50. The number of carbonyl (C=O) groups excluding carboxylic acids is 1. The largest absolute Gasteiger partial charge is 0.388 e. The first-order chi connectivity index (χ1) is 10.1. The summed E-state index contributed by atoms with van der Waals surface area (Å²) in [6, 6.07) is 10.2. The lowest BCUT2D eigenvalue weighted by atomic mass is 9.98. The lowest BCUT2D eigenvalue weighted by molar-refractivity contribution is 0.0962. The van der Waals surface area contributed by atoms with Gasteiger partial charge in [0.2, 0.25) is 0 Å². The van der Waals surface area contributed by atoms with Crippen LogP contribution >= 0.6 is 0 Å². The van der Waals surface area contributed by atoms with Crippen LogP contribution in [0.5, 0.6) is 0 Å². The zero-order chi connectivity index (χ0) is 15.0. The Morgan fingerprint density at radius 1 is 1.10 bits per heavy atom. The number of rotatable bonds is 1. The molecule has 0 radical (unpaired) electrons. The average molecular weight is 289 g/mol. The maximum absolute atomic E-state index is 13.8. The van der Waals surface area contributed by atoms with Crippen LogP contribution in [0.1, 0.15) is 28.4 Å². The SMILES string of the molecule is O=C(c1c(F)cccc1F)N1CCC(O)c2ccccc21. The normalized spacial score (nSPS) is 17.5. The molecule has 0 fully saturated rings. The van der Waals surface area contributed by atoms with Crippen molar-refractivity contribution < 1.29 is 18.7 Å². The lowest BCUT2D eigenvalue weighted by Crippen LogP contribution is -2.37. The topological polar surface area (TPSA) is 40.5 Å². The molecule has 1 aliphatic rings. The van der Waals surface area contributed by atoms with Gasteiger partial charge in [-0.15, -0.1) is 0 Å². The van der Waals surface area contributed by atoms with E-state index < -0.39 is 29.2 Å². The van der Waals surface area contributed by atoms with Gasteiger partial charge < -0.3 is 10.0 Å². The molecule has 1 atom stereocenters. The van der Waals surface area contributed by atoms with Crippen molar-refractivity contribution in [2.45, 2.75) is 12.5 Å². The summed E-state index contributed by atoms with van der Waals surface area (Å²) in [6.45, 7) is 0.213. The Balaban J connectivity index is 2.06. The molecule has 21 heavy (non-hydrogen) atoms. The zero-order valence-corrected chi connectivity index (χ0v) is 11.1. The molecule has 1 amide bonds. The minimum absolute atomic E-state index is 0.213. The Hall–Kier alpha value is -2.27. The maximum Gasteiger partial charge on any atom is 0.264 e. The van der Waals surface area contributed by atoms with Crippen LogP contribution in [0.4, 0.5) is 14.5 Å². The van der Waals surface area contributed by atoms with Crippen LogP contribution in [0, 0.1) is 11.6 Å². The Labute approximate surface area is 120 Å². The highest BCUT2D eigenvalue weighted by Gasteiger charge is 2.30. The molecule has 0 aliphatic carbocycles. The Kier molecular flexibility index (Phi) is 3.43. The lowest BCUT2D eigenvalue weighted by Gasteiger charge is -2.32. The molecule has 1 heterocycles. The second-order valence-corrected chi connectivity index (χ2v) is 4.92. The molecule has 0 aromatic heterocycles. The molecular weight excluding hydrogens is 276 g/mol. The van der Waals surface area contributed by atoms with E-state index in [9.17, 15) is 18.7 Å². The summed E-state index contributed by atoms with van der Waals surface area (Å²) < 4.78 is 27.5. The van der Waals surface area contributed by atoms with Crippen LogP contribution in [0.3, 0.4) is 0 Å². The molecular formula is C16H13F2NO2. The van der Waals surface area contributed by atoms with Crippen molar-refractivity contribution in [3.63, 3.8) is 0 Å². The van der Waals surface area contributed by atoms with Crippen LogP contribution < -0.4 is 4.90 Å². The summed E-state index contributed by atoms with van der Waals surface area (Å²) in [4.78, 5) is 13.8. The van der Waals surface area contributed by atoms with Crippen molar-refractivity contribution in [3.8, 4) is 0 Å². The van der Waals surface area contributed by atoms with E-state index in [1.165, 1.54) is 11.0 Å². The molecule has 3 rings (SSSR count). The van der Waals surface area contributed by atoms with Gasteiger partial charge in [-0.25, -0.2) is 8.78 Å². The minimum Gasteiger partial charge on any atom is -0.388 e. The Bertz CT molecular complexity index is 682. The minimum atomic E-state index is -0.886. The van der Waals surface area contributed by atoms with Gasteiger partial charge in [0.25, 0.3) is 5.91 Å². The highest BCUT2D eigenvalue weighted by molar-refractivity contribution is 6.07. The molecule has 108 valence electrons. The van der Waals surface area contributed by atoms with Crippen LogP contribution in [-0.2, 0) is 0 Å². The molecule has 1 unspecified atom stereocenters. The fourth-order valence-corrected chi connectivity index (χ4v) is 2.59. The second kappa shape index (κ2) is 5.26. The van der Waals surface area contributed by atoms with Crippen molar-refractivity contribution in [2.24, 2.45) is 0 Å². The number of carbonyl (C=O) groups is 1. The number of aliphatic hydroxyl groups is 1. The predicted octanol–water partition coefficient (Wildman–Crippen LogP) is 3.05. The average Bonchev–Trinajstić information content (AvgIpc) is 2.47. The van der Waals surface area contributed by atoms with Crippen molar-refractivity contribution in [1.82, 2.24) is 0 Å². The summed E-state index contributed by atoms with van der Waals surface area (Å²) in [5, 5.41) is 9.95. The van der Waals surface area contributed by atoms with E-state index >= 15 is 0 Å². The number of para-hydroxylation sites is 1. The summed E-state index contributed by atoms with van der Waals surface area (Å²) >= 11 is 0. The third-order valence-corrected chi connectivity index (χ3v) is 3.63. The molecule has 5 heteroatoms. The van der Waals surface area contributed by atoms with Gasteiger partial charge >= 0.3 is 0 Å².